The fourth-order valence-corrected chi connectivity index (χ4v) is 5.66. The van der Waals surface area contributed by atoms with Crippen molar-refractivity contribution in [3.63, 3.8) is 0 Å². The fourth-order valence-electron chi connectivity index (χ4n) is 5.66. The van der Waals surface area contributed by atoms with Gasteiger partial charge in [0.05, 0.1) is 5.92 Å². The van der Waals surface area contributed by atoms with E-state index >= 15 is 0 Å². The number of hydrogen-bond donors (Lipinski definition) is 0. The lowest BCUT2D eigenvalue weighted by Crippen LogP contribution is -2.50. The molecule has 1 aromatic carbocycles. The van der Waals surface area contributed by atoms with E-state index in [-0.39, 0.29) is 41.5 Å². The van der Waals surface area contributed by atoms with Crippen LogP contribution in [0.1, 0.15) is 24.5 Å². The summed E-state index contributed by atoms with van der Waals surface area (Å²) in [6.07, 6.45) is 1.22. The molecule has 0 spiro atoms. The van der Waals surface area contributed by atoms with Crippen LogP contribution in [0.4, 0.5) is 5.69 Å². The van der Waals surface area contributed by atoms with Gasteiger partial charge >= 0.3 is 0 Å². The first-order chi connectivity index (χ1) is 15.6. The van der Waals surface area contributed by atoms with Crippen LogP contribution in [0.2, 0.25) is 0 Å². The third kappa shape index (κ3) is 3.16. The van der Waals surface area contributed by atoms with Gasteiger partial charge in [-0.05, 0) is 30.5 Å². The highest BCUT2D eigenvalue weighted by atomic mass is 16.6. The summed E-state index contributed by atoms with van der Waals surface area (Å²) in [6, 6.07) is 10.9. The van der Waals surface area contributed by atoms with Gasteiger partial charge in [0.2, 0.25) is 11.8 Å². The number of likely N-dealkylation sites (tertiary alicyclic amines) is 1. The second-order valence-corrected chi connectivity index (χ2v) is 9.17. The normalized spacial score (nSPS) is 26.1. The zero-order valence-electron chi connectivity index (χ0n) is 17.7. The number of nitrogens with zero attached hydrogens (tertiary/aromatic N) is 3. The van der Waals surface area contributed by atoms with Gasteiger partial charge in [-0.3, -0.25) is 14.4 Å². The predicted octanol–water partition coefficient (Wildman–Crippen LogP) is 1.62. The Hall–Kier alpha value is -3.29. The zero-order valence-corrected chi connectivity index (χ0v) is 17.7. The average Bonchev–Trinajstić information content (AvgIpc) is 3.20. The number of rotatable bonds is 2. The Balaban J connectivity index is 1.19. The van der Waals surface area contributed by atoms with E-state index in [4.69, 9.17) is 9.47 Å². The molecule has 2 fully saturated rings. The molecule has 2 bridgehead atoms. The van der Waals surface area contributed by atoms with Crippen molar-refractivity contribution >= 4 is 17.5 Å². The molecular weight excluding hydrogens is 410 g/mol. The number of amides is 2. The maximum atomic E-state index is 13.4. The number of aromatic nitrogens is 1. The molecule has 0 saturated carbocycles. The van der Waals surface area contributed by atoms with Crippen LogP contribution < -0.4 is 19.9 Å². The van der Waals surface area contributed by atoms with Crippen LogP contribution in [0.15, 0.2) is 41.2 Å². The molecule has 2 amide bonds. The number of carbonyl (C=O) groups excluding carboxylic acids is 2. The maximum Gasteiger partial charge on any atom is 0.250 e. The number of piperidine rings is 1. The number of anilines is 1. The molecule has 6 rings (SSSR count). The zero-order chi connectivity index (χ0) is 21.8. The third-order valence-corrected chi connectivity index (χ3v) is 7.10. The Morgan fingerprint density at radius 2 is 1.78 bits per heavy atom. The monoisotopic (exact) mass is 435 g/mol. The SMILES string of the molecule is O=C([C@@H]1CC(=O)N(c2ccc3c(c2)OCCO3)C1)N1C[C@H]2C[C@H](C1)c1cccc(=O)n1C2. The van der Waals surface area contributed by atoms with Gasteiger partial charge in [0.25, 0.3) is 5.56 Å². The molecule has 4 aliphatic heterocycles. The molecule has 0 radical (unpaired) electrons. The van der Waals surface area contributed by atoms with Crippen LogP contribution in [0.3, 0.4) is 0 Å². The Bertz CT molecular complexity index is 1160. The minimum Gasteiger partial charge on any atom is -0.486 e. The minimum absolute atomic E-state index is 0.0356. The van der Waals surface area contributed by atoms with Crippen molar-refractivity contribution in [1.29, 1.82) is 0 Å². The lowest BCUT2D eigenvalue weighted by molar-refractivity contribution is -0.138. The Morgan fingerprint density at radius 1 is 0.938 bits per heavy atom. The molecular formula is C24H25N3O5. The van der Waals surface area contributed by atoms with Crippen molar-refractivity contribution < 1.29 is 19.1 Å². The number of hydrogen-bond acceptors (Lipinski definition) is 5. The van der Waals surface area contributed by atoms with Gasteiger partial charge in [-0.2, -0.15) is 0 Å². The summed E-state index contributed by atoms with van der Waals surface area (Å²) in [7, 11) is 0. The van der Waals surface area contributed by atoms with E-state index in [0.29, 0.717) is 50.9 Å². The quantitative estimate of drug-likeness (QED) is 0.716. The van der Waals surface area contributed by atoms with Crippen LogP contribution in [0.5, 0.6) is 11.5 Å². The van der Waals surface area contributed by atoms with Crippen LogP contribution in [-0.4, -0.2) is 54.1 Å². The second-order valence-electron chi connectivity index (χ2n) is 9.17. The lowest BCUT2D eigenvalue weighted by Gasteiger charge is -2.43. The maximum absolute atomic E-state index is 13.4. The van der Waals surface area contributed by atoms with Gasteiger partial charge in [0.15, 0.2) is 11.5 Å². The molecule has 4 aliphatic rings. The average molecular weight is 435 g/mol. The largest absolute Gasteiger partial charge is 0.486 e. The number of carbonyl (C=O) groups is 2. The summed E-state index contributed by atoms with van der Waals surface area (Å²) in [6.45, 7) is 3.28. The van der Waals surface area contributed by atoms with Crippen LogP contribution in [0.25, 0.3) is 0 Å². The van der Waals surface area contributed by atoms with Crippen LogP contribution in [0, 0.1) is 11.8 Å². The van der Waals surface area contributed by atoms with Crippen molar-refractivity contribution in [3.05, 3.63) is 52.4 Å². The summed E-state index contributed by atoms with van der Waals surface area (Å²) in [5.41, 5.74) is 1.79. The third-order valence-electron chi connectivity index (χ3n) is 7.10. The van der Waals surface area contributed by atoms with Crippen molar-refractivity contribution in [2.24, 2.45) is 11.8 Å². The predicted molar refractivity (Wildman–Crippen MR) is 116 cm³/mol. The van der Waals surface area contributed by atoms with Crippen LogP contribution >= 0.6 is 0 Å². The molecule has 0 N–H and O–H groups in total. The standard InChI is InChI=1S/C24H25N3O5/c28-22-3-1-2-19-16-8-15(12-27(19)22)11-25(13-16)24(30)17-9-23(29)26(14-17)18-4-5-20-21(10-18)32-7-6-31-20/h1-5,10,15-17H,6-9,11-14H2/t15-,16-,17-/m1/s1. The highest BCUT2D eigenvalue weighted by Crippen LogP contribution is 2.38. The smallest absolute Gasteiger partial charge is 0.250 e. The Kier molecular flexibility index (Phi) is 4.48. The van der Waals surface area contributed by atoms with Crippen molar-refractivity contribution in [3.8, 4) is 11.5 Å². The molecule has 2 saturated heterocycles. The van der Waals surface area contributed by atoms with Gasteiger partial charge in [-0.1, -0.05) is 6.07 Å². The van der Waals surface area contributed by atoms with Gasteiger partial charge in [-0.15, -0.1) is 0 Å². The summed E-state index contributed by atoms with van der Waals surface area (Å²) in [4.78, 5) is 42.0. The molecule has 8 heteroatoms. The van der Waals surface area contributed by atoms with Gasteiger partial charge in [0, 0.05) is 62.0 Å². The fraction of sp³-hybridized carbons (Fsp3) is 0.458. The molecule has 166 valence electrons. The Morgan fingerprint density at radius 3 is 2.66 bits per heavy atom. The van der Waals surface area contributed by atoms with E-state index in [1.165, 1.54) is 0 Å². The highest BCUT2D eigenvalue weighted by Gasteiger charge is 2.42. The first-order valence-corrected chi connectivity index (χ1v) is 11.3. The van der Waals surface area contributed by atoms with E-state index < -0.39 is 0 Å². The van der Waals surface area contributed by atoms with E-state index in [0.717, 1.165) is 17.8 Å². The lowest BCUT2D eigenvalue weighted by atomic mass is 9.82. The number of ether oxygens (including phenoxy) is 2. The van der Waals surface area contributed by atoms with Crippen molar-refractivity contribution in [1.82, 2.24) is 9.47 Å². The molecule has 8 nitrogen and oxygen atoms in total. The minimum atomic E-state index is -0.354. The molecule has 1 aromatic heterocycles. The van der Waals surface area contributed by atoms with Crippen molar-refractivity contribution in [2.75, 3.05) is 37.7 Å². The summed E-state index contributed by atoms with van der Waals surface area (Å²) < 4.78 is 13.1. The molecule has 0 unspecified atom stereocenters. The highest BCUT2D eigenvalue weighted by molar-refractivity contribution is 6.00. The molecule has 3 atom stereocenters. The topological polar surface area (TPSA) is 81.1 Å². The summed E-state index contributed by atoms with van der Waals surface area (Å²) in [5, 5.41) is 0. The molecule has 2 aromatic rings. The number of pyridine rings is 1. The first-order valence-electron chi connectivity index (χ1n) is 11.3. The van der Waals surface area contributed by atoms with Gasteiger partial charge in [0.1, 0.15) is 13.2 Å². The number of fused-ring (bicyclic) bond motifs is 5. The van der Waals surface area contributed by atoms with Crippen LogP contribution in [-0.2, 0) is 16.1 Å². The summed E-state index contributed by atoms with van der Waals surface area (Å²) in [5.74, 6) is 1.40. The van der Waals surface area contributed by atoms with E-state index in [2.05, 4.69) is 0 Å². The van der Waals surface area contributed by atoms with Gasteiger partial charge < -0.3 is 23.8 Å². The van der Waals surface area contributed by atoms with E-state index in [9.17, 15) is 14.4 Å². The molecule has 32 heavy (non-hydrogen) atoms. The molecule has 5 heterocycles. The van der Waals surface area contributed by atoms with Crippen molar-refractivity contribution in [2.45, 2.75) is 25.3 Å². The Labute approximate surface area is 185 Å². The second kappa shape index (κ2) is 7.39. The van der Waals surface area contributed by atoms with E-state index in [1.54, 1.807) is 17.0 Å². The van der Waals surface area contributed by atoms with E-state index in [1.807, 2.05) is 33.7 Å². The number of benzene rings is 1. The summed E-state index contributed by atoms with van der Waals surface area (Å²) >= 11 is 0. The van der Waals surface area contributed by atoms with Gasteiger partial charge in [-0.25, -0.2) is 0 Å². The molecule has 0 aliphatic carbocycles. The first kappa shape index (κ1) is 19.4.